The molecule has 128 valence electrons. The summed E-state index contributed by atoms with van der Waals surface area (Å²) in [6.45, 7) is -0.321. The van der Waals surface area contributed by atoms with E-state index in [1.165, 1.54) is 19.2 Å². The van der Waals surface area contributed by atoms with Crippen LogP contribution in [0, 0.1) is 17.5 Å². The Bertz CT molecular complexity index is 763. The minimum atomic E-state index is -1.06. The molecule has 1 fully saturated rings. The van der Waals surface area contributed by atoms with Gasteiger partial charge in [-0.05, 0) is 25.0 Å². The van der Waals surface area contributed by atoms with Crippen LogP contribution in [0.4, 0.5) is 18.9 Å². The molecule has 0 aliphatic heterocycles. The topological polar surface area (TPSA) is 53.7 Å². The third-order valence-electron chi connectivity index (χ3n) is 3.63. The number of hydrogen-bond acceptors (Lipinski definition) is 4. The summed E-state index contributed by atoms with van der Waals surface area (Å²) in [6, 6.07) is 4.66. The Morgan fingerprint density at radius 1 is 1.04 bits per heavy atom. The van der Waals surface area contributed by atoms with Crippen LogP contribution < -0.4 is 19.9 Å². The van der Waals surface area contributed by atoms with Crippen LogP contribution in [-0.4, -0.2) is 13.2 Å². The number of halogens is 3. The normalized spacial score (nSPS) is 13.7. The number of anilines is 1. The van der Waals surface area contributed by atoms with Gasteiger partial charge in [0.15, 0.2) is 23.1 Å². The Kier molecular flexibility index (Phi) is 4.42. The zero-order chi connectivity index (χ0) is 17.3. The van der Waals surface area contributed by atoms with Gasteiger partial charge in [-0.2, -0.15) is 0 Å². The summed E-state index contributed by atoms with van der Waals surface area (Å²) < 4.78 is 57.1. The second-order valence-electron chi connectivity index (χ2n) is 5.47. The van der Waals surface area contributed by atoms with Crippen molar-refractivity contribution in [2.45, 2.75) is 25.6 Å². The number of ether oxygens (including phenoxy) is 3. The predicted molar refractivity (Wildman–Crippen MR) is 81.7 cm³/mol. The fourth-order valence-electron chi connectivity index (χ4n) is 2.17. The molecular weight excluding hydrogens is 323 g/mol. The summed E-state index contributed by atoms with van der Waals surface area (Å²) in [4.78, 5) is 0. The van der Waals surface area contributed by atoms with Crippen LogP contribution in [0.1, 0.15) is 18.4 Å². The lowest BCUT2D eigenvalue weighted by molar-refractivity contribution is 0.246. The van der Waals surface area contributed by atoms with Gasteiger partial charge in [0.05, 0.1) is 24.5 Å². The standard InChI is InChI=1S/C17H16F3NO3/c1-22-14-5-4-11(18)17(20)10(14)8-23-15-7-13(21)12(19)6-16(15)24-9-2-3-9/h4-7,9H,2-3,8,21H2,1H3. The van der Waals surface area contributed by atoms with E-state index in [0.29, 0.717) is 0 Å². The van der Waals surface area contributed by atoms with Gasteiger partial charge in [0.25, 0.3) is 0 Å². The van der Waals surface area contributed by atoms with Gasteiger partial charge >= 0.3 is 0 Å². The number of nitrogens with two attached hydrogens (primary N) is 1. The van der Waals surface area contributed by atoms with E-state index in [0.717, 1.165) is 25.0 Å². The van der Waals surface area contributed by atoms with Gasteiger partial charge in [-0.3, -0.25) is 0 Å². The summed E-state index contributed by atoms with van der Waals surface area (Å²) in [5.74, 6) is -2.22. The molecule has 24 heavy (non-hydrogen) atoms. The zero-order valence-corrected chi connectivity index (χ0v) is 12.9. The molecule has 3 rings (SSSR count). The molecule has 2 N–H and O–H groups in total. The van der Waals surface area contributed by atoms with Crippen molar-refractivity contribution < 1.29 is 27.4 Å². The average Bonchev–Trinajstić information content (AvgIpc) is 3.37. The quantitative estimate of drug-likeness (QED) is 0.813. The van der Waals surface area contributed by atoms with Crippen LogP contribution in [0.2, 0.25) is 0 Å². The van der Waals surface area contributed by atoms with Gasteiger partial charge in [-0.25, -0.2) is 13.2 Å². The van der Waals surface area contributed by atoms with E-state index in [1.54, 1.807) is 0 Å². The highest BCUT2D eigenvalue weighted by molar-refractivity contribution is 5.53. The summed E-state index contributed by atoms with van der Waals surface area (Å²) in [5.41, 5.74) is 5.34. The number of rotatable bonds is 6. The number of methoxy groups -OCH3 is 1. The first-order valence-electron chi connectivity index (χ1n) is 7.39. The van der Waals surface area contributed by atoms with E-state index in [1.807, 2.05) is 0 Å². The van der Waals surface area contributed by atoms with Crippen molar-refractivity contribution in [1.29, 1.82) is 0 Å². The SMILES string of the molecule is COc1ccc(F)c(F)c1COc1cc(N)c(F)cc1OC1CC1. The second-order valence-corrected chi connectivity index (χ2v) is 5.47. The molecular formula is C17H16F3NO3. The van der Waals surface area contributed by atoms with Gasteiger partial charge in [-0.1, -0.05) is 0 Å². The minimum absolute atomic E-state index is 0.0100. The highest BCUT2D eigenvalue weighted by atomic mass is 19.2. The summed E-state index contributed by atoms with van der Waals surface area (Å²) in [5, 5.41) is 0. The van der Waals surface area contributed by atoms with Crippen molar-refractivity contribution >= 4 is 5.69 Å². The number of benzene rings is 2. The maximum Gasteiger partial charge on any atom is 0.169 e. The van der Waals surface area contributed by atoms with E-state index in [9.17, 15) is 13.2 Å². The molecule has 1 aliphatic rings. The van der Waals surface area contributed by atoms with Crippen LogP contribution in [0.5, 0.6) is 17.2 Å². The van der Waals surface area contributed by atoms with Crippen molar-refractivity contribution in [3.05, 3.63) is 47.3 Å². The molecule has 0 unspecified atom stereocenters. The van der Waals surface area contributed by atoms with Crippen LogP contribution in [0.25, 0.3) is 0 Å². The van der Waals surface area contributed by atoms with Gasteiger partial charge in [0.2, 0.25) is 0 Å². The van der Waals surface area contributed by atoms with Crippen molar-refractivity contribution in [3.8, 4) is 17.2 Å². The van der Waals surface area contributed by atoms with E-state index < -0.39 is 17.5 Å². The largest absolute Gasteiger partial charge is 0.496 e. The smallest absolute Gasteiger partial charge is 0.169 e. The molecule has 0 spiro atoms. The van der Waals surface area contributed by atoms with Gasteiger partial charge in [-0.15, -0.1) is 0 Å². The molecule has 1 aliphatic carbocycles. The molecule has 0 radical (unpaired) electrons. The molecule has 0 amide bonds. The van der Waals surface area contributed by atoms with Crippen LogP contribution in [0.15, 0.2) is 24.3 Å². The Balaban J connectivity index is 1.86. The highest BCUT2D eigenvalue weighted by Crippen LogP contribution is 2.37. The maximum atomic E-state index is 14.0. The average molecular weight is 339 g/mol. The summed E-state index contributed by atoms with van der Waals surface area (Å²) >= 11 is 0. The Morgan fingerprint density at radius 3 is 2.46 bits per heavy atom. The van der Waals surface area contributed by atoms with Crippen LogP contribution >= 0.6 is 0 Å². The molecule has 0 aromatic heterocycles. The summed E-state index contributed by atoms with van der Waals surface area (Å²) in [6.07, 6.45) is 1.76. The predicted octanol–water partition coefficient (Wildman–Crippen LogP) is 3.81. The van der Waals surface area contributed by atoms with Gasteiger partial charge in [0, 0.05) is 12.1 Å². The molecule has 0 saturated heterocycles. The van der Waals surface area contributed by atoms with E-state index in [2.05, 4.69) is 0 Å². The molecule has 1 saturated carbocycles. The van der Waals surface area contributed by atoms with E-state index >= 15 is 0 Å². The fourth-order valence-corrected chi connectivity index (χ4v) is 2.17. The first-order chi connectivity index (χ1) is 11.5. The summed E-state index contributed by atoms with van der Waals surface area (Å²) in [7, 11) is 1.34. The third kappa shape index (κ3) is 3.34. The van der Waals surface area contributed by atoms with Crippen molar-refractivity contribution in [2.24, 2.45) is 0 Å². The van der Waals surface area contributed by atoms with Crippen molar-refractivity contribution in [2.75, 3.05) is 12.8 Å². The lowest BCUT2D eigenvalue weighted by Gasteiger charge is -2.15. The second kappa shape index (κ2) is 6.51. The fraction of sp³-hybridized carbons (Fsp3) is 0.294. The highest BCUT2D eigenvalue weighted by Gasteiger charge is 2.26. The first kappa shape index (κ1) is 16.3. The molecule has 7 heteroatoms. The monoisotopic (exact) mass is 339 g/mol. The lowest BCUT2D eigenvalue weighted by atomic mass is 10.2. The third-order valence-corrected chi connectivity index (χ3v) is 3.63. The first-order valence-corrected chi connectivity index (χ1v) is 7.39. The molecule has 2 aromatic carbocycles. The number of hydrogen-bond donors (Lipinski definition) is 1. The maximum absolute atomic E-state index is 14.0. The van der Waals surface area contributed by atoms with E-state index in [4.69, 9.17) is 19.9 Å². The van der Waals surface area contributed by atoms with Crippen LogP contribution in [0.3, 0.4) is 0 Å². The Labute approximate surface area is 136 Å². The minimum Gasteiger partial charge on any atom is -0.496 e. The molecule has 0 atom stereocenters. The van der Waals surface area contributed by atoms with Crippen LogP contribution in [-0.2, 0) is 6.61 Å². The Hall–Kier alpha value is -2.57. The number of nitrogen functional groups attached to an aromatic ring is 1. The molecule has 0 heterocycles. The van der Waals surface area contributed by atoms with Gasteiger partial charge in [0.1, 0.15) is 18.2 Å². The lowest BCUT2D eigenvalue weighted by Crippen LogP contribution is -2.06. The molecule has 4 nitrogen and oxygen atoms in total. The molecule has 0 bridgehead atoms. The molecule has 2 aromatic rings. The van der Waals surface area contributed by atoms with Crippen molar-refractivity contribution in [3.63, 3.8) is 0 Å². The zero-order valence-electron chi connectivity index (χ0n) is 12.9. The van der Waals surface area contributed by atoms with Crippen molar-refractivity contribution in [1.82, 2.24) is 0 Å². The van der Waals surface area contributed by atoms with Gasteiger partial charge < -0.3 is 19.9 Å². The Morgan fingerprint density at radius 2 is 1.79 bits per heavy atom. The van der Waals surface area contributed by atoms with E-state index in [-0.39, 0.29) is 41.2 Å².